The van der Waals surface area contributed by atoms with Gasteiger partial charge in [0.05, 0.1) is 6.54 Å². The first kappa shape index (κ1) is 13.8. The lowest BCUT2D eigenvalue weighted by Crippen LogP contribution is -1.99. The highest BCUT2D eigenvalue weighted by molar-refractivity contribution is 9.10. The van der Waals surface area contributed by atoms with Gasteiger partial charge in [0.15, 0.2) is 0 Å². The van der Waals surface area contributed by atoms with Crippen molar-refractivity contribution in [1.82, 2.24) is 10.2 Å². The highest BCUT2D eigenvalue weighted by Gasteiger charge is 2.10. The lowest BCUT2D eigenvalue weighted by atomic mass is 10.1. The molecule has 1 heterocycles. The molecular weight excluding hydrogens is 330 g/mol. The van der Waals surface area contributed by atoms with E-state index in [1.807, 2.05) is 55.5 Å². The maximum absolute atomic E-state index is 5.70. The van der Waals surface area contributed by atoms with Gasteiger partial charge in [-0.2, -0.15) is 0 Å². The number of halogens is 1. The standard InChI is InChI=1S/C16H14BrN3O/c1-11-4-2-3-5-14(11)16-20-19-15(21-16)10-18-13-8-6-12(17)7-9-13/h2-9,18H,10H2,1H3. The van der Waals surface area contributed by atoms with E-state index in [-0.39, 0.29) is 0 Å². The summed E-state index contributed by atoms with van der Waals surface area (Å²) in [6, 6.07) is 15.9. The third-order valence-corrected chi connectivity index (χ3v) is 3.66. The van der Waals surface area contributed by atoms with E-state index in [0.29, 0.717) is 18.3 Å². The number of hydrogen-bond donors (Lipinski definition) is 1. The van der Waals surface area contributed by atoms with Crippen LogP contribution in [0.2, 0.25) is 0 Å². The molecule has 0 aliphatic heterocycles. The number of benzene rings is 2. The monoisotopic (exact) mass is 343 g/mol. The molecule has 0 saturated carbocycles. The molecule has 4 nitrogen and oxygen atoms in total. The van der Waals surface area contributed by atoms with Crippen molar-refractivity contribution in [2.24, 2.45) is 0 Å². The molecule has 0 fully saturated rings. The maximum Gasteiger partial charge on any atom is 0.248 e. The van der Waals surface area contributed by atoms with Gasteiger partial charge in [-0.3, -0.25) is 0 Å². The Bertz CT molecular complexity index is 737. The van der Waals surface area contributed by atoms with Crippen molar-refractivity contribution >= 4 is 21.6 Å². The van der Waals surface area contributed by atoms with Gasteiger partial charge in [0.25, 0.3) is 0 Å². The molecule has 3 aromatic rings. The van der Waals surface area contributed by atoms with Gasteiger partial charge in [-0.25, -0.2) is 0 Å². The summed E-state index contributed by atoms with van der Waals surface area (Å²) < 4.78 is 6.75. The average Bonchev–Trinajstić information content (AvgIpc) is 2.96. The van der Waals surface area contributed by atoms with Crippen molar-refractivity contribution < 1.29 is 4.42 Å². The molecular formula is C16H14BrN3O. The van der Waals surface area contributed by atoms with Crippen molar-refractivity contribution in [2.75, 3.05) is 5.32 Å². The zero-order chi connectivity index (χ0) is 14.7. The Morgan fingerprint density at radius 1 is 1.05 bits per heavy atom. The van der Waals surface area contributed by atoms with Crippen molar-refractivity contribution in [1.29, 1.82) is 0 Å². The predicted molar refractivity (Wildman–Crippen MR) is 85.9 cm³/mol. The molecule has 0 unspecified atom stereocenters. The SMILES string of the molecule is Cc1ccccc1-c1nnc(CNc2ccc(Br)cc2)o1. The maximum atomic E-state index is 5.70. The fraction of sp³-hybridized carbons (Fsp3) is 0.125. The number of anilines is 1. The van der Waals surface area contributed by atoms with Gasteiger partial charge in [0.1, 0.15) is 0 Å². The van der Waals surface area contributed by atoms with Gasteiger partial charge in [0, 0.05) is 15.7 Å². The molecule has 106 valence electrons. The van der Waals surface area contributed by atoms with Crippen LogP contribution in [0, 0.1) is 6.92 Å². The van der Waals surface area contributed by atoms with Crippen molar-refractivity contribution in [3.8, 4) is 11.5 Å². The molecule has 21 heavy (non-hydrogen) atoms. The van der Waals surface area contributed by atoms with Crippen LogP contribution in [0.3, 0.4) is 0 Å². The van der Waals surface area contributed by atoms with Crippen LogP contribution in [0.25, 0.3) is 11.5 Å². The van der Waals surface area contributed by atoms with E-state index in [1.54, 1.807) is 0 Å². The van der Waals surface area contributed by atoms with Gasteiger partial charge in [0.2, 0.25) is 11.8 Å². The second-order valence-corrected chi connectivity index (χ2v) is 5.59. The molecule has 0 spiro atoms. The molecule has 1 aromatic heterocycles. The first-order chi connectivity index (χ1) is 10.2. The fourth-order valence-corrected chi connectivity index (χ4v) is 2.26. The Morgan fingerprint density at radius 2 is 1.81 bits per heavy atom. The first-order valence-corrected chi connectivity index (χ1v) is 7.39. The molecule has 0 amide bonds. The molecule has 0 radical (unpaired) electrons. The molecule has 0 aliphatic rings. The molecule has 5 heteroatoms. The van der Waals surface area contributed by atoms with Gasteiger partial charge in [-0.05, 0) is 42.8 Å². The van der Waals surface area contributed by atoms with Crippen molar-refractivity contribution in [2.45, 2.75) is 13.5 Å². The lowest BCUT2D eigenvalue weighted by Gasteiger charge is -2.03. The van der Waals surface area contributed by atoms with Gasteiger partial charge < -0.3 is 9.73 Å². The minimum absolute atomic E-state index is 0.501. The Kier molecular flexibility index (Phi) is 4.01. The fourth-order valence-electron chi connectivity index (χ4n) is 1.99. The Morgan fingerprint density at radius 3 is 2.57 bits per heavy atom. The largest absolute Gasteiger partial charge is 0.419 e. The summed E-state index contributed by atoms with van der Waals surface area (Å²) >= 11 is 3.41. The molecule has 0 atom stereocenters. The van der Waals surface area contributed by atoms with E-state index in [2.05, 4.69) is 31.4 Å². The van der Waals surface area contributed by atoms with Crippen LogP contribution in [0.1, 0.15) is 11.5 Å². The van der Waals surface area contributed by atoms with Crippen molar-refractivity contribution in [3.05, 3.63) is 64.5 Å². The summed E-state index contributed by atoms with van der Waals surface area (Å²) in [5.41, 5.74) is 3.10. The van der Waals surface area contributed by atoms with E-state index in [0.717, 1.165) is 21.3 Å². The summed E-state index contributed by atoms with van der Waals surface area (Å²) in [6.07, 6.45) is 0. The zero-order valence-electron chi connectivity index (χ0n) is 11.5. The van der Waals surface area contributed by atoms with E-state index in [4.69, 9.17) is 4.42 Å². The van der Waals surface area contributed by atoms with Crippen LogP contribution in [-0.4, -0.2) is 10.2 Å². The topological polar surface area (TPSA) is 51.0 Å². The Balaban J connectivity index is 1.71. The lowest BCUT2D eigenvalue weighted by molar-refractivity contribution is 0.514. The number of nitrogens with one attached hydrogen (secondary N) is 1. The second kappa shape index (κ2) is 6.10. The van der Waals surface area contributed by atoms with Crippen molar-refractivity contribution in [3.63, 3.8) is 0 Å². The summed E-state index contributed by atoms with van der Waals surface area (Å²) in [5.74, 6) is 1.12. The summed E-state index contributed by atoms with van der Waals surface area (Å²) in [4.78, 5) is 0. The minimum Gasteiger partial charge on any atom is -0.419 e. The summed E-state index contributed by atoms with van der Waals surface area (Å²) in [6.45, 7) is 2.53. The zero-order valence-corrected chi connectivity index (χ0v) is 13.1. The van der Waals surface area contributed by atoms with Crippen LogP contribution in [0.4, 0.5) is 5.69 Å². The van der Waals surface area contributed by atoms with E-state index >= 15 is 0 Å². The number of rotatable bonds is 4. The van der Waals surface area contributed by atoms with Crippen LogP contribution in [0.5, 0.6) is 0 Å². The van der Waals surface area contributed by atoms with E-state index in [1.165, 1.54) is 0 Å². The number of hydrogen-bond acceptors (Lipinski definition) is 4. The third kappa shape index (κ3) is 3.31. The van der Waals surface area contributed by atoms with Gasteiger partial charge in [-0.15, -0.1) is 10.2 Å². The molecule has 0 saturated heterocycles. The van der Waals surface area contributed by atoms with Crippen LogP contribution < -0.4 is 5.32 Å². The van der Waals surface area contributed by atoms with Gasteiger partial charge >= 0.3 is 0 Å². The minimum atomic E-state index is 0.501. The molecule has 0 aliphatic carbocycles. The van der Waals surface area contributed by atoms with E-state index in [9.17, 15) is 0 Å². The van der Waals surface area contributed by atoms with Crippen LogP contribution >= 0.6 is 15.9 Å². The molecule has 1 N–H and O–H groups in total. The van der Waals surface area contributed by atoms with E-state index < -0.39 is 0 Å². The second-order valence-electron chi connectivity index (χ2n) is 4.68. The summed E-state index contributed by atoms with van der Waals surface area (Å²) in [7, 11) is 0. The van der Waals surface area contributed by atoms with Crippen LogP contribution in [0.15, 0.2) is 57.4 Å². The Hall–Kier alpha value is -2.14. The Labute approximate surface area is 131 Å². The average molecular weight is 344 g/mol. The number of aromatic nitrogens is 2. The molecule has 2 aromatic carbocycles. The predicted octanol–water partition coefficient (Wildman–Crippen LogP) is 4.42. The normalized spacial score (nSPS) is 10.6. The molecule has 0 bridgehead atoms. The smallest absolute Gasteiger partial charge is 0.248 e. The number of nitrogens with zero attached hydrogens (tertiary/aromatic N) is 2. The first-order valence-electron chi connectivity index (χ1n) is 6.60. The quantitative estimate of drug-likeness (QED) is 0.761. The highest BCUT2D eigenvalue weighted by Crippen LogP contribution is 2.22. The molecule has 3 rings (SSSR count). The highest BCUT2D eigenvalue weighted by atomic mass is 79.9. The van der Waals surface area contributed by atoms with Crippen LogP contribution in [-0.2, 0) is 6.54 Å². The third-order valence-electron chi connectivity index (χ3n) is 3.13. The number of aryl methyl sites for hydroxylation is 1. The van der Waals surface area contributed by atoms with Gasteiger partial charge in [-0.1, -0.05) is 34.1 Å². The summed E-state index contributed by atoms with van der Waals surface area (Å²) in [5, 5.41) is 11.4.